The summed E-state index contributed by atoms with van der Waals surface area (Å²) in [5.74, 6) is -10.9. The molecule has 6 rings (SSSR count). The van der Waals surface area contributed by atoms with Gasteiger partial charge in [-0.2, -0.15) is 4.89 Å². The molecule has 3 aliphatic heterocycles. The van der Waals surface area contributed by atoms with Crippen LogP contribution < -0.4 is 16.4 Å². The molecule has 1 aromatic carbocycles. The van der Waals surface area contributed by atoms with Crippen LogP contribution in [-0.2, 0) is 71.9 Å². The van der Waals surface area contributed by atoms with Gasteiger partial charge in [0.25, 0.3) is 0 Å². The SMILES string of the molecule is C=CCC.CC(C)(C)OOC(=O)c1ccccc1.CCCCC(C(=O)O)C(C(=O)NC1CCCCC1)C(CC)CC(CC(=O)NC1CCCCC1)C(=O)O.CCCCC1C(=O)OC(=O)C1C(CC)CC1CC(=O)OC1=O.CN.O=C1C=CC(=O)O1. The summed E-state index contributed by atoms with van der Waals surface area (Å²) < 4.78 is 13.4. The van der Waals surface area contributed by atoms with Crippen LogP contribution in [-0.4, -0.2) is 100 Å². The zero-order valence-corrected chi connectivity index (χ0v) is 51.9. The summed E-state index contributed by atoms with van der Waals surface area (Å²) in [7, 11) is 1.50. The zero-order chi connectivity index (χ0) is 64.1. The van der Waals surface area contributed by atoms with Crippen LogP contribution in [0, 0.1) is 47.3 Å². The quantitative estimate of drug-likeness (QED) is 0.0152. The van der Waals surface area contributed by atoms with E-state index in [4.69, 9.17) is 9.62 Å². The van der Waals surface area contributed by atoms with Crippen LogP contribution >= 0.6 is 0 Å². The Labute approximate surface area is 503 Å². The van der Waals surface area contributed by atoms with Crippen LogP contribution in [0.1, 0.15) is 213 Å². The normalized spacial score (nSPS) is 20.0. The Morgan fingerprint density at radius 1 is 0.729 bits per heavy atom. The van der Waals surface area contributed by atoms with Crippen molar-refractivity contribution in [2.75, 3.05) is 7.05 Å². The molecule has 2 saturated carbocycles. The van der Waals surface area contributed by atoms with E-state index in [2.05, 4.69) is 44.2 Å². The Morgan fingerprint density at radius 3 is 1.72 bits per heavy atom. The minimum absolute atomic E-state index is 0.0448. The van der Waals surface area contributed by atoms with Gasteiger partial charge >= 0.3 is 53.7 Å². The Balaban J connectivity index is 0.000000619. The van der Waals surface area contributed by atoms with Crippen molar-refractivity contribution in [1.29, 1.82) is 0 Å². The second-order valence-electron chi connectivity index (χ2n) is 22.8. The number of unbranched alkanes of at least 4 members (excludes halogenated alkanes) is 2. The molecule has 2 saturated heterocycles. The monoisotopic (exact) mass is 1200 g/mol. The van der Waals surface area contributed by atoms with E-state index in [1.54, 1.807) is 24.3 Å². The van der Waals surface area contributed by atoms with Crippen molar-refractivity contribution in [2.45, 2.75) is 221 Å². The van der Waals surface area contributed by atoms with E-state index in [1.165, 1.54) is 7.05 Å². The van der Waals surface area contributed by atoms with Gasteiger partial charge in [-0.25, -0.2) is 14.4 Å². The minimum Gasteiger partial charge on any atom is -0.481 e. The fourth-order valence-electron chi connectivity index (χ4n) is 10.6. The number of allylic oxidation sites excluding steroid dienone is 1. The Kier molecular flexibility index (Phi) is 38.0. The fourth-order valence-corrected chi connectivity index (χ4v) is 10.6. The number of carboxylic acid groups (broad SMARTS) is 2. The number of carboxylic acids is 2. The van der Waals surface area contributed by atoms with E-state index < -0.39 is 101 Å². The first kappa shape index (κ1) is 76.4. The van der Waals surface area contributed by atoms with Crippen LogP contribution in [0.2, 0.25) is 0 Å². The fraction of sp³-hybridized carbons (Fsp3) is 0.672. The van der Waals surface area contributed by atoms with E-state index in [-0.39, 0.29) is 49.1 Å². The number of benzene rings is 1. The molecule has 21 nitrogen and oxygen atoms in total. The van der Waals surface area contributed by atoms with Crippen LogP contribution in [0.5, 0.6) is 0 Å². The summed E-state index contributed by atoms with van der Waals surface area (Å²) in [5, 5.41) is 26.1. The van der Waals surface area contributed by atoms with Crippen LogP contribution in [0.25, 0.3) is 0 Å². The minimum atomic E-state index is -1.07. The van der Waals surface area contributed by atoms with Gasteiger partial charge < -0.3 is 40.8 Å². The summed E-state index contributed by atoms with van der Waals surface area (Å²) in [6, 6.07) is 8.87. The molecule has 0 bridgehead atoms. The highest BCUT2D eigenvalue weighted by Crippen LogP contribution is 2.40. The lowest BCUT2D eigenvalue weighted by Crippen LogP contribution is -2.47. The molecule has 0 aromatic heterocycles. The van der Waals surface area contributed by atoms with E-state index >= 15 is 0 Å². The average Bonchev–Trinajstić information content (AvgIpc) is 2.79. The number of hydrogen-bond acceptors (Lipinski definition) is 17. The summed E-state index contributed by atoms with van der Waals surface area (Å²) in [6.07, 6.45) is 21.1. The van der Waals surface area contributed by atoms with Crippen LogP contribution in [0.3, 0.4) is 0 Å². The Morgan fingerprint density at radius 2 is 1.28 bits per heavy atom. The second-order valence-corrected chi connectivity index (χ2v) is 22.8. The molecule has 1 aromatic rings. The van der Waals surface area contributed by atoms with E-state index in [9.17, 15) is 63.0 Å². The third kappa shape index (κ3) is 29.9. The number of hydrogen-bond donors (Lipinski definition) is 5. The number of aliphatic carboxylic acids is 2. The van der Waals surface area contributed by atoms with Crippen molar-refractivity contribution in [3.05, 3.63) is 60.7 Å². The molecule has 2 amide bonds. The van der Waals surface area contributed by atoms with Gasteiger partial charge in [-0.05, 0) is 110 Å². The van der Waals surface area contributed by atoms with Gasteiger partial charge in [0.15, 0.2) is 0 Å². The number of carbonyl (C=O) groups excluding carboxylic acids is 9. The first-order valence-corrected chi connectivity index (χ1v) is 30.6. The van der Waals surface area contributed by atoms with Gasteiger partial charge in [-0.3, -0.25) is 43.2 Å². The van der Waals surface area contributed by atoms with E-state index in [0.29, 0.717) is 44.1 Å². The number of carbonyl (C=O) groups is 11. The maximum atomic E-state index is 13.6. The van der Waals surface area contributed by atoms with E-state index in [0.717, 1.165) is 102 Å². The second kappa shape index (κ2) is 42.2. The summed E-state index contributed by atoms with van der Waals surface area (Å²) in [4.78, 5) is 138. The number of ether oxygens (including phenoxy) is 3. The van der Waals surface area contributed by atoms with Crippen molar-refractivity contribution >= 4 is 65.5 Å². The lowest BCUT2D eigenvalue weighted by Gasteiger charge is -2.34. The van der Waals surface area contributed by atoms with Crippen LogP contribution in [0.15, 0.2) is 55.1 Å². The predicted molar refractivity (Wildman–Crippen MR) is 317 cm³/mol. The molecule has 5 aliphatic rings. The Hall–Kier alpha value is -6.61. The van der Waals surface area contributed by atoms with Gasteiger partial charge in [-0.15, -0.1) is 6.58 Å². The molecule has 8 atom stereocenters. The smallest absolute Gasteiger partial charge is 0.373 e. The van der Waals surface area contributed by atoms with Crippen molar-refractivity contribution in [3.63, 3.8) is 0 Å². The maximum absolute atomic E-state index is 13.6. The van der Waals surface area contributed by atoms with Gasteiger partial charge in [-0.1, -0.05) is 136 Å². The standard InChI is InChI=1S/C28H48N2O6.C16H22O6.C11H14O3.C4H2O3.C4H8.CH5N/c1-3-5-16-23(28(35)36)25(26(32)30-22-14-10-7-11-15-22)19(4-2)17-20(27(33)34)18-24(31)29-21-12-8-6-9-13-21;1-3-5-6-11-13(16(20)22-15(11)19)9(4-2)7-10-8-12(17)21-14(10)18;1-11(2,3)14-13-10(12)9-7-5-4-6-8-9;5-3-1-2-4(6)7-3;1-3-4-2;1-2/h19-23,25H,3-18H2,1-2H3,(H,29,31)(H,30,32)(H,33,34)(H,35,36);9-11,13H,3-8H2,1-2H3;4-8H,1-3H3;1-2H;3H,1,4H2,2H3;2H2,1H3. The summed E-state index contributed by atoms with van der Waals surface area (Å²) in [5.41, 5.74) is 4.50. The highest BCUT2D eigenvalue weighted by atomic mass is 17.2. The van der Waals surface area contributed by atoms with Gasteiger partial charge in [0.05, 0.1) is 47.5 Å². The number of rotatable bonds is 25. The first-order valence-electron chi connectivity index (χ1n) is 30.6. The van der Waals surface area contributed by atoms with Gasteiger partial charge in [0, 0.05) is 30.7 Å². The highest BCUT2D eigenvalue weighted by molar-refractivity contribution is 6.05. The van der Waals surface area contributed by atoms with Crippen molar-refractivity contribution in [3.8, 4) is 0 Å². The van der Waals surface area contributed by atoms with Crippen LogP contribution in [0.4, 0.5) is 0 Å². The highest BCUT2D eigenvalue weighted by Gasteiger charge is 2.49. The molecule has 2 aliphatic carbocycles. The average molecular weight is 1200 g/mol. The molecule has 21 heteroatoms. The van der Waals surface area contributed by atoms with E-state index in [1.807, 2.05) is 60.6 Å². The number of nitrogens with two attached hydrogens (primary N) is 1. The molecule has 6 N–H and O–H groups in total. The van der Waals surface area contributed by atoms with Crippen molar-refractivity contribution in [2.24, 2.45) is 53.1 Å². The molecule has 0 radical (unpaired) electrons. The number of cyclic esters (lactones) is 6. The third-order valence-corrected chi connectivity index (χ3v) is 15.1. The molecule has 0 spiro atoms. The predicted octanol–water partition coefficient (Wildman–Crippen LogP) is 10.3. The molecule has 85 heavy (non-hydrogen) atoms. The molecule has 3 heterocycles. The summed E-state index contributed by atoms with van der Waals surface area (Å²) >= 11 is 0. The molecule has 4 fully saturated rings. The van der Waals surface area contributed by atoms with Crippen molar-refractivity contribution in [1.82, 2.24) is 10.6 Å². The summed E-state index contributed by atoms with van der Waals surface area (Å²) in [6.45, 7) is 18.8. The maximum Gasteiger partial charge on any atom is 0.373 e. The third-order valence-electron chi connectivity index (χ3n) is 15.1. The number of esters is 6. The molecule has 478 valence electrons. The van der Waals surface area contributed by atoms with Gasteiger partial charge in [0.2, 0.25) is 11.8 Å². The lowest BCUT2D eigenvalue weighted by atomic mass is 9.73. The van der Waals surface area contributed by atoms with Gasteiger partial charge in [0.1, 0.15) is 5.60 Å². The topological polar surface area (TPSA) is 324 Å². The molecular formula is C64H99N3O18. The first-order chi connectivity index (χ1) is 40.4. The molecular weight excluding hydrogens is 1100 g/mol. The Bertz CT molecular complexity index is 2290. The number of amides is 2. The molecule has 8 unspecified atom stereocenters. The largest absolute Gasteiger partial charge is 0.481 e. The number of nitrogens with one attached hydrogen (secondary N) is 2. The van der Waals surface area contributed by atoms with Crippen molar-refractivity contribution < 1.29 is 86.9 Å². The zero-order valence-electron chi connectivity index (χ0n) is 51.9. The lowest BCUT2D eigenvalue weighted by molar-refractivity contribution is -0.301.